The molecule has 0 saturated heterocycles. The number of carboxylic acid groups (broad SMARTS) is 1. The fourth-order valence-electron chi connectivity index (χ4n) is 1.18. The Labute approximate surface area is 91.1 Å². The fraction of sp³-hybridized carbons (Fsp3) is 0.818. The zero-order valence-corrected chi connectivity index (χ0v) is 9.80. The van der Waals surface area contributed by atoms with Crippen LogP contribution in [-0.4, -0.2) is 23.5 Å². The van der Waals surface area contributed by atoms with E-state index in [0.717, 1.165) is 12.8 Å². The third kappa shape index (κ3) is 10.9. The average Bonchev–Trinajstić information content (AvgIpc) is 2.00. The van der Waals surface area contributed by atoms with Crippen molar-refractivity contribution in [3.8, 4) is 0 Å². The number of amides is 1. The standard InChI is InChI=1S/C11H21NO3/c1-11(2,3)7-4-5-9(13)12-8-6-10(14)15/h4-8H2,1-3H3,(H,12,13)(H,14,15). The molecule has 0 aromatic heterocycles. The Bertz CT molecular complexity index is 218. The minimum absolute atomic E-state index is 0.00892. The zero-order chi connectivity index (χ0) is 11.9. The molecule has 0 heterocycles. The van der Waals surface area contributed by atoms with E-state index in [-0.39, 0.29) is 24.3 Å². The van der Waals surface area contributed by atoms with E-state index < -0.39 is 5.97 Å². The molecular weight excluding hydrogens is 194 g/mol. The first kappa shape index (κ1) is 13.9. The van der Waals surface area contributed by atoms with Crippen molar-refractivity contribution in [1.29, 1.82) is 0 Å². The van der Waals surface area contributed by atoms with E-state index in [1.807, 2.05) is 0 Å². The summed E-state index contributed by atoms with van der Waals surface area (Å²) in [5, 5.41) is 10.9. The van der Waals surface area contributed by atoms with E-state index in [2.05, 4.69) is 26.1 Å². The predicted octanol–water partition coefficient (Wildman–Crippen LogP) is 1.79. The van der Waals surface area contributed by atoms with Gasteiger partial charge in [-0.2, -0.15) is 0 Å². The molecule has 0 aliphatic rings. The fourth-order valence-corrected chi connectivity index (χ4v) is 1.18. The highest BCUT2D eigenvalue weighted by Gasteiger charge is 2.10. The maximum absolute atomic E-state index is 11.2. The van der Waals surface area contributed by atoms with Crippen molar-refractivity contribution in [3.05, 3.63) is 0 Å². The first-order valence-corrected chi connectivity index (χ1v) is 5.30. The lowest BCUT2D eigenvalue weighted by molar-refractivity contribution is -0.136. The molecule has 0 aliphatic carbocycles. The SMILES string of the molecule is CC(C)(C)CCCC(=O)NCCC(=O)O. The summed E-state index contributed by atoms with van der Waals surface area (Å²) in [5.41, 5.74) is 0.251. The van der Waals surface area contributed by atoms with Crippen LogP contribution in [0.4, 0.5) is 0 Å². The summed E-state index contributed by atoms with van der Waals surface area (Å²) in [6.45, 7) is 6.63. The predicted molar refractivity (Wildman–Crippen MR) is 58.6 cm³/mol. The molecule has 0 saturated carbocycles. The largest absolute Gasteiger partial charge is 0.481 e. The number of rotatable bonds is 6. The van der Waals surface area contributed by atoms with Gasteiger partial charge in [-0.25, -0.2) is 0 Å². The van der Waals surface area contributed by atoms with Crippen LogP contribution in [0.25, 0.3) is 0 Å². The third-order valence-electron chi connectivity index (χ3n) is 1.99. The van der Waals surface area contributed by atoms with Gasteiger partial charge in [-0.1, -0.05) is 20.8 Å². The van der Waals surface area contributed by atoms with E-state index in [4.69, 9.17) is 5.11 Å². The molecule has 0 aromatic carbocycles. The van der Waals surface area contributed by atoms with E-state index in [9.17, 15) is 9.59 Å². The Morgan fingerprint density at radius 2 is 1.80 bits per heavy atom. The highest BCUT2D eigenvalue weighted by Crippen LogP contribution is 2.21. The number of carboxylic acids is 1. The second-order valence-corrected chi connectivity index (χ2v) is 4.91. The number of hydrogen-bond acceptors (Lipinski definition) is 2. The molecule has 15 heavy (non-hydrogen) atoms. The van der Waals surface area contributed by atoms with Gasteiger partial charge in [0.2, 0.25) is 5.91 Å². The first-order chi connectivity index (χ1) is 6.81. The van der Waals surface area contributed by atoms with Gasteiger partial charge >= 0.3 is 5.97 Å². The lowest BCUT2D eigenvalue weighted by atomic mass is 9.90. The number of carbonyl (C=O) groups excluding carboxylic acids is 1. The quantitative estimate of drug-likeness (QED) is 0.710. The Hall–Kier alpha value is -1.06. The summed E-state index contributed by atoms with van der Waals surface area (Å²) in [4.78, 5) is 21.4. The van der Waals surface area contributed by atoms with Crippen LogP contribution in [-0.2, 0) is 9.59 Å². The van der Waals surface area contributed by atoms with Gasteiger partial charge in [-0.05, 0) is 18.3 Å². The van der Waals surface area contributed by atoms with Gasteiger partial charge in [0.25, 0.3) is 0 Å². The number of aliphatic carboxylic acids is 1. The lowest BCUT2D eigenvalue weighted by Gasteiger charge is -2.17. The number of carbonyl (C=O) groups is 2. The monoisotopic (exact) mass is 215 g/mol. The van der Waals surface area contributed by atoms with Gasteiger partial charge in [-0.3, -0.25) is 9.59 Å². The van der Waals surface area contributed by atoms with Crippen LogP contribution in [0.3, 0.4) is 0 Å². The van der Waals surface area contributed by atoms with Gasteiger partial charge in [0.1, 0.15) is 0 Å². The minimum Gasteiger partial charge on any atom is -0.481 e. The highest BCUT2D eigenvalue weighted by atomic mass is 16.4. The van der Waals surface area contributed by atoms with Crippen LogP contribution in [0, 0.1) is 5.41 Å². The lowest BCUT2D eigenvalue weighted by Crippen LogP contribution is -2.25. The molecule has 1 amide bonds. The van der Waals surface area contributed by atoms with E-state index in [1.54, 1.807) is 0 Å². The molecular formula is C11H21NO3. The van der Waals surface area contributed by atoms with Crippen molar-refractivity contribution in [3.63, 3.8) is 0 Å². The molecule has 0 aromatic rings. The molecule has 2 N–H and O–H groups in total. The van der Waals surface area contributed by atoms with Crippen LogP contribution in [0.15, 0.2) is 0 Å². The second kappa shape index (κ2) is 6.43. The number of nitrogens with one attached hydrogen (secondary N) is 1. The summed E-state index contributed by atoms with van der Waals surface area (Å²) >= 11 is 0. The zero-order valence-electron chi connectivity index (χ0n) is 9.80. The first-order valence-electron chi connectivity index (χ1n) is 5.30. The summed E-state index contributed by atoms with van der Waals surface area (Å²) in [7, 11) is 0. The van der Waals surface area contributed by atoms with Crippen molar-refractivity contribution in [2.75, 3.05) is 6.54 Å². The maximum Gasteiger partial charge on any atom is 0.305 e. The van der Waals surface area contributed by atoms with Crippen LogP contribution in [0.2, 0.25) is 0 Å². The second-order valence-electron chi connectivity index (χ2n) is 4.91. The summed E-state index contributed by atoms with van der Waals surface area (Å²) in [5.74, 6) is -0.939. The molecule has 0 aliphatic heterocycles. The molecule has 4 heteroatoms. The molecule has 0 fully saturated rings. The molecule has 88 valence electrons. The molecule has 0 rings (SSSR count). The van der Waals surface area contributed by atoms with Gasteiger partial charge in [0, 0.05) is 13.0 Å². The molecule has 0 radical (unpaired) electrons. The van der Waals surface area contributed by atoms with E-state index in [0.29, 0.717) is 6.42 Å². The highest BCUT2D eigenvalue weighted by molar-refractivity contribution is 5.76. The van der Waals surface area contributed by atoms with Crippen LogP contribution in [0.1, 0.15) is 46.5 Å². The van der Waals surface area contributed by atoms with Gasteiger partial charge in [-0.15, -0.1) is 0 Å². The van der Waals surface area contributed by atoms with Crippen LogP contribution < -0.4 is 5.32 Å². The van der Waals surface area contributed by atoms with Crippen LogP contribution >= 0.6 is 0 Å². The molecule has 0 spiro atoms. The summed E-state index contributed by atoms with van der Waals surface area (Å²) in [6.07, 6.45) is 2.32. The topological polar surface area (TPSA) is 66.4 Å². The van der Waals surface area contributed by atoms with E-state index >= 15 is 0 Å². The Kier molecular flexibility index (Phi) is 5.97. The molecule has 0 atom stereocenters. The Balaban J connectivity index is 3.46. The van der Waals surface area contributed by atoms with Crippen molar-refractivity contribution >= 4 is 11.9 Å². The minimum atomic E-state index is -0.884. The van der Waals surface area contributed by atoms with Gasteiger partial charge < -0.3 is 10.4 Å². The van der Waals surface area contributed by atoms with Gasteiger partial charge in [0.05, 0.1) is 6.42 Å². The van der Waals surface area contributed by atoms with Crippen LogP contribution in [0.5, 0.6) is 0 Å². The normalized spacial score (nSPS) is 11.1. The molecule has 4 nitrogen and oxygen atoms in total. The molecule has 0 bridgehead atoms. The smallest absolute Gasteiger partial charge is 0.305 e. The Morgan fingerprint density at radius 1 is 1.20 bits per heavy atom. The van der Waals surface area contributed by atoms with Gasteiger partial charge in [0.15, 0.2) is 0 Å². The third-order valence-corrected chi connectivity index (χ3v) is 1.99. The van der Waals surface area contributed by atoms with Crippen molar-refractivity contribution in [2.24, 2.45) is 5.41 Å². The summed E-state index contributed by atoms with van der Waals surface area (Å²) in [6, 6.07) is 0. The van der Waals surface area contributed by atoms with Crippen molar-refractivity contribution in [2.45, 2.75) is 46.5 Å². The van der Waals surface area contributed by atoms with Crippen molar-refractivity contribution in [1.82, 2.24) is 5.32 Å². The number of hydrogen-bond donors (Lipinski definition) is 2. The van der Waals surface area contributed by atoms with E-state index in [1.165, 1.54) is 0 Å². The summed E-state index contributed by atoms with van der Waals surface area (Å²) < 4.78 is 0. The molecule has 0 unspecified atom stereocenters. The Morgan fingerprint density at radius 3 is 2.27 bits per heavy atom. The van der Waals surface area contributed by atoms with Crippen molar-refractivity contribution < 1.29 is 14.7 Å². The maximum atomic E-state index is 11.2. The average molecular weight is 215 g/mol.